The molecule has 11 heteroatoms. The van der Waals surface area contributed by atoms with Crippen LogP contribution < -0.4 is 15.6 Å². The zero-order valence-electron chi connectivity index (χ0n) is 20.4. The standard InChI is InChI=1S/C26H29ClN6O4/c27-22-14-19(16-29-23(22)34)24(35)32-11-7-26(8-12-32)15-20-17-33(31-30-20)10-1-13-37-21-4-2-18(3-5-21)6-9-28-25(26)36/h2-5,14,16-17H,1,6-13,15H2,(H,28,36)(H,29,34). The number of carbonyl (C=O) groups excluding carboxylic acids is 2. The second-order valence-electron chi connectivity index (χ2n) is 9.64. The van der Waals surface area contributed by atoms with Crippen molar-refractivity contribution in [3.8, 4) is 5.75 Å². The van der Waals surface area contributed by atoms with E-state index in [1.54, 1.807) is 9.58 Å². The monoisotopic (exact) mass is 524 g/mol. The Morgan fingerprint density at radius 1 is 1.11 bits per heavy atom. The average Bonchev–Trinajstić information content (AvgIpc) is 3.35. The number of ether oxygens (including phenoxy) is 1. The average molecular weight is 525 g/mol. The zero-order chi connectivity index (χ0) is 25.8. The Morgan fingerprint density at radius 3 is 2.65 bits per heavy atom. The number of aryl methyl sites for hydroxylation is 1. The molecule has 1 spiro atoms. The summed E-state index contributed by atoms with van der Waals surface area (Å²) in [5.41, 5.74) is 1.04. The Balaban J connectivity index is 1.34. The first-order chi connectivity index (χ1) is 17.9. The van der Waals surface area contributed by atoms with Crippen molar-refractivity contribution in [1.82, 2.24) is 30.2 Å². The minimum atomic E-state index is -0.707. The molecule has 0 atom stereocenters. The predicted octanol–water partition coefficient (Wildman–Crippen LogP) is 2.23. The maximum Gasteiger partial charge on any atom is 0.266 e. The van der Waals surface area contributed by atoms with E-state index in [1.807, 2.05) is 30.5 Å². The Morgan fingerprint density at radius 2 is 1.89 bits per heavy atom. The van der Waals surface area contributed by atoms with Crippen LogP contribution in [0.2, 0.25) is 5.02 Å². The van der Waals surface area contributed by atoms with E-state index in [0.29, 0.717) is 64.0 Å². The number of amides is 2. The van der Waals surface area contributed by atoms with Gasteiger partial charge in [-0.1, -0.05) is 28.9 Å². The van der Waals surface area contributed by atoms with Crippen molar-refractivity contribution in [3.05, 3.63) is 74.9 Å². The van der Waals surface area contributed by atoms with E-state index in [0.717, 1.165) is 23.4 Å². The number of halogens is 1. The van der Waals surface area contributed by atoms with Crippen LogP contribution in [0.15, 0.2) is 47.5 Å². The molecule has 5 heterocycles. The minimum Gasteiger partial charge on any atom is -0.494 e. The molecule has 0 radical (unpaired) electrons. The van der Waals surface area contributed by atoms with Gasteiger partial charge in [-0.15, -0.1) is 5.10 Å². The highest BCUT2D eigenvalue weighted by atomic mass is 35.5. The molecule has 1 saturated heterocycles. The highest BCUT2D eigenvalue weighted by Crippen LogP contribution is 2.36. The lowest BCUT2D eigenvalue weighted by atomic mass is 9.73. The van der Waals surface area contributed by atoms with Gasteiger partial charge in [-0.05, 0) is 43.0 Å². The third-order valence-corrected chi connectivity index (χ3v) is 7.40. The van der Waals surface area contributed by atoms with Crippen molar-refractivity contribution in [2.75, 3.05) is 26.2 Å². The van der Waals surface area contributed by atoms with Crippen LogP contribution in [-0.4, -0.2) is 62.9 Å². The fraction of sp³-hybridized carbons (Fsp3) is 0.423. The smallest absolute Gasteiger partial charge is 0.266 e. The van der Waals surface area contributed by atoms with Crippen LogP contribution in [0.1, 0.15) is 40.9 Å². The van der Waals surface area contributed by atoms with E-state index in [-0.39, 0.29) is 16.8 Å². The lowest BCUT2D eigenvalue weighted by Crippen LogP contribution is -2.51. The van der Waals surface area contributed by atoms with Crippen molar-refractivity contribution in [2.45, 2.75) is 38.6 Å². The molecular formula is C26H29ClN6O4. The zero-order valence-corrected chi connectivity index (χ0v) is 21.2. The Labute approximate surface area is 219 Å². The van der Waals surface area contributed by atoms with Gasteiger partial charge in [0.05, 0.1) is 23.3 Å². The Hall–Kier alpha value is -3.66. The van der Waals surface area contributed by atoms with Gasteiger partial charge in [0.15, 0.2) is 0 Å². The Kier molecular flexibility index (Phi) is 7.27. The fourth-order valence-corrected chi connectivity index (χ4v) is 5.11. The van der Waals surface area contributed by atoms with E-state index >= 15 is 0 Å². The molecule has 3 aliphatic rings. The second kappa shape index (κ2) is 10.8. The number of carbonyl (C=O) groups is 2. The predicted molar refractivity (Wildman–Crippen MR) is 137 cm³/mol. The van der Waals surface area contributed by atoms with Gasteiger partial charge >= 0.3 is 0 Å². The van der Waals surface area contributed by atoms with Gasteiger partial charge in [-0.2, -0.15) is 0 Å². The lowest BCUT2D eigenvalue weighted by molar-refractivity contribution is -0.133. The van der Waals surface area contributed by atoms with Gasteiger partial charge in [0.25, 0.3) is 11.5 Å². The van der Waals surface area contributed by atoms with Gasteiger partial charge in [0.2, 0.25) is 5.91 Å². The molecule has 1 fully saturated rings. The number of rotatable bonds is 1. The number of aromatic nitrogens is 4. The SMILES string of the molecule is O=C(c1c[nH]c(=O)c(Cl)c1)N1CCC2(CC1)Cc1cn(nn1)CCCOc1ccc(cc1)CCNC2=O. The fourth-order valence-electron chi connectivity index (χ4n) is 4.94. The third-order valence-electron chi connectivity index (χ3n) is 7.12. The number of nitrogens with zero attached hydrogens (tertiary/aromatic N) is 4. The van der Waals surface area contributed by atoms with E-state index < -0.39 is 11.0 Å². The summed E-state index contributed by atoms with van der Waals surface area (Å²) in [5.74, 6) is 0.556. The highest BCUT2D eigenvalue weighted by molar-refractivity contribution is 6.30. The number of hydrogen-bond acceptors (Lipinski definition) is 6. The summed E-state index contributed by atoms with van der Waals surface area (Å²) in [6, 6.07) is 9.32. The number of nitrogens with one attached hydrogen (secondary N) is 2. The minimum absolute atomic E-state index is 0.0313. The van der Waals surface area contributed by atoms with E-state index in [1.165, 1.54) is 12.3 Å². The summed E-state index contributed by atoms with van der Waals surface area (Å²) in [5, 5.41) is 11.7. The van der Waals surface area contributed by atoms with Crippen LogP contribution in [0.5, 0.6) is 5.75 Å². The number of hydrogen-bond donors (Lipinski definition) is 2. The molecule has 10 nitrogen and oxygen atoms in total. The summed E-state index contributed by atoms with van der Waals surface area (Å²) < 4.78 is 7.61. The van der Waals surface area contributed by atoms with Crippen LogP contribution in [0.4, 0.5) is 0 Å². The van der Waals surface area contributed by atoms with Crippen LogP contribution in [0, 0.1) is 5.41 Å². The maximum absolute atomic E-state index is 13.6. The molecule has 1 aromatic carbocycles. The van der Waals surface area contributed by atoms with Crippen molar-refractivity contribution >= 4 is 23.4 Å². The largest absolute Gasteiger partial charge is 0.494 e. The maximum atomic E-state index is 13.6. The lowest BCUT2D eigenvalue weighted by Gasteiger charge is -2.40. The molecule has 3 aromatic rings. The molecule has 2 N–H and O–H groups in total. The third kappa shape index (κ3) is 5.69. The van der Waals surface area contributed by atoms with Gasteiger partial charge in [0.1, 0.15) is 10.8 Å². The number of aromatic amines is 1. The molecule has 37 heavy (non-hydrogen) atoms. The molecule has 0 saturated carbocycles. The highest BCUT2D eigenvalue weighted by Gasteiger charge is 2.43. The van der Waals surface area contributed by atoms with Gasteiger partial charge in [-0.25, -0.2) is 0 Å². The Bertz CT molecular complexity index is 1330. The summed E-state index contributed by atoms with van der Waals surface area (Å²) in [4.78, 5) is 42.4. The van der Waals surface area contributed by atoms with Gasteiger partial charge < -0.3 is 19.9 Å². The first-order valence-electron chi connectivity index (χ1n) is 12.5. The van der Waals surface area contributed by atoms with Gasteiger partial charge in [-0.3, -0.25) is 19.1 Å². The molecule has 2 amide bonds. The van der Waals surface area contributed by atoms with E-state index in [9.17, 15) is 14.4 Å². The van der Waals surface area contributed by atoms with Crippen LogP contribution in [0.25, 0.3) is 0 Å². The van der Waals surface area contributed by atoms with E-state index in [2.05, 4.69) is 20.6 Å². The molecule has 3 aliphatic heterocycles. The number of H-pyrrole nitrogens is 1. The van der Waals surface area contributed by atoms with Gasteiger partial charge in [0, 0.05) is 51.4 Å². The van der Waals surface area contributed by atoms with Crippen LogP contribution in [-0.2, 0) is 24.2 Å². The van der Waals surface area contributed by atoms with Crippen molar-refractivity contribution in [1.29, 1.82) is 0 Å². The molecular weight excluding hydrogens is 496 g/mol. The summed E-state index contributed by atoms with van der Waals surface area (Å²) in [6.07, 6.45) is 6.15. The normalized spacial score (nSPS) is 18.2. The second-order valence-corrected chi connectivity index (χ2v) is 10.0. The van der Waals surface area contributed by atoms with Crippen LogP contribution >= 0.6 is 11.6 Å². The summed E-state index contributed by atoms with van der Waals surface area (Å²) in [6.45, 7) is 2.54. The summed E-state index contributed by atoms with van der Waals surface area (Å²) in [7, 11) is 0. The van der Waals surface area contributed by atoms with Crippen molar-refractivity contribution in [3.63, 3.8) is 0 Å². The van der Waals surface area contributed by atoms with Crippen LogP contribution in [0.3, 0.4) is 0 Å². The van der Waals surface area contributed by atoms with E-state index in [4.69, 9.17) is 16.3 Å². The molecule has 2 aromatic heterocycles. The first-order valence-corrected chi connectivity index (χ1v) is 12.9. The number of pyridine rings is 1. The molecule has 0 unspecified atom stereocenters. The molecule has 194 valence electrons. The number of benzene rings is 1. The van der Waals surface area contributed by atoms with Crippen molar-refractivity contribution < 1.29 is 14.3 Å². The molecule has 6 rings (SSSR count). The first kappa shape index (κ1) is 25.0. The topological polar surface area (TPSA) is 122 Å². The molecule has 4 bridgehead atoms. The number of likely N-dealkylation sites (tertiary alicyclic amines) is 1. The van der Waals surface area contributed by atoms with Crippen molar-refractivity contribution in [2.24, 2.45) is 5.41 Å². The number of piperidine rings is 1. The quantitative estimate of drug-likeness (QED) is 0.503. The summed E-state index contributed by atoms with van der Waals surface area (Å²) >= 11 is 5.91. The number of fused-ring (bicyclic) bond motifs is 8. The molecule has 0 aliphatic carbocycles.